The Labute approximate surface area is 248 Å². The second-order valence-electron chi connectivity index (χ2n) is 13.7. The molecule has 4 fully saturated rings. The predicted molar refractivity (Wildman–Crippen MR) is 169 cm³/mol. The Hall–Kier alpha value is -3.26. The van der Waals surface area contributed by atoms with Crippen molar-refractivity contribution in [1.29, 1.82) is 0 Å². The number of guanidine groups is 1. The monoisotopic (exact) mass is 572 g/mol. The lowest BCUT2D eigenvalue weighted by Gasteiger charge is -2.61. The molecule has 3 saturated carbocycles. The van der Waals surface area contributed by atoms with Crippen LogP contribution in [-0.4, -0.2) is 52.1 Å². The van der Waals surface area contributed by atoms with Gasteiger partial charge >= 0.3 is 0 Å². The summed E-state index contributed by atoms with van der Waals surface area (Å²) in [5.74, 6) is 2.70. The number of hydrogen-bond donors (Lipinski definition) is 2. The van der Waals surface area contributed by atoms with Crippen molar-refractivity contribution in [2.45, 2.75) is 78.9 Å². The molecular weight excluding hydrogens is 527 g/mol. The molecule has 0 spiro atoms. The number of aliphatic imine (C=N–C) groups is 1. The van der Waals surface area contributed by atoms with Crippen LogP contribution < -0.4 is 16.2 Å². The van der Waals surface area contributed by atoms with Crippen LogP contribution in [0.3, 0.4) is 0 Å². The van der Waals surface area contributed by atoms with Crippen molar-refractivity contribution in [2.24, 2.45) is 28.2 Å². The SMILES string of the molecule is Cc1ccc(C[C@@H](C)n2cnc3cc(NC(=N[C@H]4C[C@@H]5C[C@H]([C@@H]4C)C5(C)C)N4CCN[C@@H](C)C4)ccc3c2=O)c(F)c1. The van der Waals surface area contributed by atoms with Gasteiger partial charge in [-0.05, 0) is 98.6 Å². The van der Waals surface area contributed by atoms with E-state index in [0.29, 0.717) is 46.3 Å². The molecule has 1 saturated heterocycles. The van der Waals surface area contributed by atoms with Gasteiger partial charge in [0, 0.05) is 37.4 Å². The summed E-state index contributed by atoms with van der Waals surface area (Å²) in [4.78, 5) is 25.9. The quantitative estimate of drug-likeness (QED) is 0.300. The second kappa shape index (κ2) is 11.1. The summed E-state index contributed by atoms with van der Waals surface area (Å²) in [6.07, 6.45) is 4.48. The molecule has 7 rings (SSSR count). The Morgan fingerprint density at radius 3 is 2.74 bits per heavy atom. The third kappa shape index (κ3) is 5.34. The lowest BCUT2D eigenvalue weighted by Crippen LogP contribution is -2.57. The van der Waals surface area contributed by atoms with E-state index in [0.717, 1.165) is 55.1 Å². The normalized spacial score (nSPS) is 27.9. The number of nitrogens with zero attached hydrogens (tertiary/aromatic N) is 4. The standard InChI is InChI=1S/C34H45FN6O/c1-20-7-8-24(29(35)13-20)14-22(3)41-19-37-31-17-26(9-10-27(31)32(41)42)38-33(40-12-11-36-21(2)18-40)39-30-16-25-15-28(23(30)4)34(25,5)6/h7-10,13,17,19,21-23,25,28,30,36H,11-12,14-16,18H2,1-6H3,(H,38,39)/t21-,22+,23-,25-,28+,30-/m0/s1. The van der Waals surface area contributed by atoms with E-state index in [9.17, 15) is 9.18 Å². The van der Waals surface area contributed by atoms with Crippen molar-refractivity contribution in [2.75, 3.05) is 25.0 Å². The topological polar surface area (TPSA) is 74.6 Å². The first-order valence-corrected chi connectivity index (χ1v) is 15.6. The van der Waals surface area contributed by atoms with Crippen LogP contribution in [0.25, 0.3) is 10.9 Å². The minimum Gasteiger partial charge on any atom is -0.340 e. The zero-order chi connectivity index (χ0) is 29.8. The minimum absolute atomic E-state index is 0.116. The maximum atomic E-state index is 14.5. The molecule has 4 aliphatic rings. The maximum absolute atomic E-state index is 14.5. The van der Waals surface area contributed by atoms with Gasteiger partial charge in [-0.1, -0.05) is 32.9 Å². The van der Waals surface area contributed by atoms with Gasteiger partial charge in [0.2, 0.25) is 0 Å². The van der Waals surface area contributed by atoms with E-state index in [4.69, 9.17) is 4.99 Å². The van der Waals surface area contributed by atoms with Crippen molar-refractivity contribution in [1.82, 2.24) is 19.8 Å². The molecule has 7 nitrogen and oxygen atoms in total. The molecule has 1 aromatic heterocycles. The molecule has 2 N–H and O–H groups in total. The van der Waals surface area contributed by atoms with E-state index in [2.05, 4.69) is 48.2 Å². The molecule has 0 unspecified atom stereocenters. The Balaban J connectivity index is 1.25. The maximum Gasteiger partial charge on any atom is 0.261 e. The first kappa shape index (κ1) is 28.8. The van der Waals surface area contributed by atoms with Crippen molar-refractivity contribution in [3.63, 3.8) is 0 Å². The molecule has 2 heterocycles. The number of benzene rings is 2. The molecule has 0 amide bonds. The minimum atomic E-state index is -0.237. The number of piperazine rings is 1. The molecule has 3 aliphatic carbocycles. The van der Waals surface area contributed by atoms with Gasteiger partial charge in [-0.2, -0.15) is 0 Å². The fraction of sp³-hybridized carbons (Fsp3) is 0.559. The smallest absolute Gasteiger partial charge is 0.261 e. The fourth-order valence-corrected chi connectivity index (χ4v) is 7.66. The number of aromatic nitrogens is 2. The average Bonchev–Trinajstić information content (AvgIpc) is 2.95. The van der Waals surface area contributed by atoms with Crippen LogP contribution >= 0.6 is 0 Å². The molecule has 6 atom stereocenters. The molecular formula is C34H45FN6O. The summed E-state index contributed by atoms with van der Waals surface area (Å²) in [6, 6.07) is 11.4. The molecule has 3 aromatic rings. The van der Waals surface area contributed by atoms with Gasteiger partial charge in [0.25, 0.3) is 5.56 Å². The van der Waals surface area contributed by atoms with E-state index in [1.54, 1.807) is 17.0 Å². The molecule has 2 aromatic carbocycles. The molecule has 2 bridgehead atoms. The summed E-state index contributed by atoms with van der Waals surface area (Å²) in [5.41, 5.74) is 3.30. The largest absolute Gasteiger partial charge is 0.340 e. The van der Waals surface area contributed by atoms with Crippen molar-refractivity contribution in [3.8, 4) is 0 Å². The Morgan fingerprint density at radius 2 is 2.02 bits per heavy atom. The Bertz CT molecular complexity index is 1560. The van der Waals surface area contributed by atoms with Gasteiger partial charge in [-0.25, -0.2) is 14.4 Å². The van der Waals surface area contributed by atoms with E-state index in [1.165, 1.54) is 12.5 Å². The average molecular weight is 573 g/mol. The van der Waals surface area contributed by atoms with Crippen LogP contribution in [0.2, 0.25) is 0 Å². The summed E-state index contributed by atoms with van der Waals surface area (Å²) in [6.45, 7) is 16.0. The summed E-state index contributed by atoms with van der Waals surface area (Å²) in [7, 11) is 0. The van der Waals surface area contributed by atoms with Crippen LogP contribution in [0.15, 0.2) is 52.5 Å². The van der Waals surface area contributed by atoms with E-state index >= 15 is 0 Å². The van der Waals surface area contributed by atoms with Crippen molar-refractivity contribution < 1.29 is 4.39 Å². The van der Waals surface area contributed by atoms with Crippen LogP contribution in [0, 0.1) is 35.9 Å². The zero-order valence-electron chi connectivity index (χ0n) is 25.8. The second-order valence-corrected chi connectivity index (χ2v) is 13.7. The van der Waals surface area contributed by atoms with Gasteiger partial charge in [0.15, 0.2) is 5.96 Å². The highest BCUT2D eigenvalue weighted by Gasteiger charge is 2.56. The number of nitrogens with one attached hydrogen (secondary N) is 2. The summed E-state index contributed by atoms with van der Waals surface area (Å²) >= 11 is 0. The number of hydrogen-bond acceptors (Lipinski definition) is 4. The number of anilines is 1. The van der Waals surface area contributed by atoms with Crippen LogP contribution in [0.5, 0.6) is 0 Å². The first-order valence-electron chi connectivity index (χ1n) is 15.6. The highest BCUT2D eigenvalue weighted by molar-refractivity contribution is 5.96. The molecule has 224 valence electrons. The highest BCUT2D eigenvalue weighted by Crippen LogP contribution is 2.61. The van der Waals surface area contributed by atoms with Crippen molar-refractivity contribution in [3.05, 3.63) is 70.0 Å². The number of aryl methyl sites for hydroxylation is 1. The van der Waals surface area contributed by atoms with Gasteiger partial charge < -0.3 is 15.5 Å². The third-order valence-corrected chi connectivity index (χ3v) is 10.5. The molecule has 0 radical (unpaired) electrons. The van der Waals surface area contributed by atoms with Gasteiger partial charge in [-0.15, -0.1) is 0 Å². The van der Waals surface area contributed by atoms with Crippen molar-refractivity contribution >= 4 is 22.5 Å². The fourth-order valence-electron chi connectivity index (χ4n) is 7.66. The van der Waals surface area contributed by atoms with E-state index < -0.39 is 0 Å². The van der Waals surface area contributed by atoms with E-state index in [-0.39, 0.29) is 17.4 Å². The number of halogens is 1. The van der Waals surface area contributed by atoms with Gasteiger partial charge in [-0.3, -0.25) is 9.36 Å². The predicted octanol–water partition coefficient (Wildman–Crippen LogP) is 5.78. The van der Waals surface area contributed by atoms with Gasteiger partial charge in [0.1, 0.15) is 5.82 Å². The number of rotatable bonds is 5. The Kier molecular flexibility index (Phi) is 7.62. The molecule has 1 aliphatic heterocycles. The van der Waals surface area contributed by atoms with E-state index in [1.807, 2.05) is 38.1 Å². The van der Waals surface area contributed by atoms with Gasteiger partial charge in [0.05, 0.1) is 23.3 Å². The van der Waals surface area contributed by atoms with Crippen LogP contribution in [0.1, 0.15) is 64.6 Å². The Morgan fingerprint density at radius 1 is 1.21 bits per heavy atom. The first-order chi connectivity index (χ1) is 20.0. The van der Waals surface area contributed by atoms with Crippen LogP contribution in [-0.2, 0) is 6.42 Å². The zero-order valence-corrected chi connectivity index (χ0v) is 25.8. The summed E-state index contributed by atoms with van der Waals surface area (Å²) in [5, 5.41) is 7.73. The number of fused-ring (bicyclic) bond motifs is 3. The lowest BCUT2D eigenvalue weighted by atomic mass is 9.45. The highest BCUT2D eigenvalue weighted by atomic mass is 19.1. The lowest BCUT2D eigenvalue weighted by molar-refractivity contribution is -0.108. The molecule has 8 heteroatoms. The summed E-state index contributed by atoms with van der Waals surface area (Å²) < 4.78 is 16.1. The third-order valence-electron chi connectivity index (χ3n) is 10.5. The molecule has 42 heavy (non-hydrogen) atoms. The van der Waals surface area contributed by atoms with Crippen LogP contribution in [0.4, 0.5) is 10.1 Å².